The second-order valence-corrected chi connectivity index (χ2v) is 2.86. The predicted molar refractivity (Wildman–Crippen MR) is 46.4 cm³/mol. The van der Waals surface area contributed by atoms with Crippen molar-refractivity contribution in [2.24, 2.45) is 0 Å². The van der Waals surface area contributed by atoms with E-state index in [1.165, 1.54) is 0 Å². The van der Waals surface area contributed by atoms with E-state index in [1.807, 2.05) is 29.6 Å². The summed E-state index contributed by atoms with van der Waals surface area (Å²) in [4.78, 5) is 4.20. The van der Waals surface area contributed by atoms with Crippen LogP contribution in [0.2, 0.25) is 0 Å². The molecule has 0 fully saturated rings. The van der Waals surface area contributed by atoms with Crippen LogP contribution in [0, 0.1) is 5.38 Å². The van der Waals surface area contributed by atoms with Gasteiger partial charge in [-0.15, -0.1) is 10.9 Å². The molecule has 63 valence electrons. The Hall–Kier alpha value is -0.501. The van der Waals surface area contributed by atoms with E-state index < -0.39 is 0 Å². The Morgan fingerprint density at radius 1 is 1.25 bits per heavy atom. The van der Waals surface area contributed by atoms with Crippen LogP contribution in [-0.4, -0.2) is 4.98 Å². The molecular weight excluding hydrogens is 346 g/mol. The normalized spacial score (nSPS) is 9.00. The quantitative estimate of drug-likeness (QED) is 0.719. The number of pyridine rings is 1. The van der Waals surface area contributed by atoms with Crippen molar-refractivity contribution in [2.75, 3.05) is 0 Å². The minimum Gasteiger partial charge on any atom is -0.305 e. The SMILES string of the molecule is [Ir].[c-]1sccc1-c1ccccn1. The van der Waals surface area contributed by atoms with E-state index in [2.05, 4.69) is 10.4 Å². The van der Waals surface area contributed by atoms with Crippen molar-refractivity contribution < 1.29 is 20.1 Å². The summed E-state index contributed by atoms with van der Waals surface area (Å²) < 4.78 is 0. The molecule has 2 rings (SSSR count). The van der Waals surface area contributed by atoms with Crippen molar-refractivity contribution in [1.82, 2.24) is 4.98 Å². The zero-order valence-electron chi connectivity index (χ0n) is 6.15. The summed E-state index contributed by atoms with van der Waals surface area (Å²) in [5.74, 6) is 0. The van der Waals surface area contributed by atoms with Gasteiger partial charge < -0.3 is 4.98 Å². The molecule has 1 radical (unpaired) electrons. The van der Waals surface area contributed by atoms with Crippen LogP contribution in [0.5, 0.6) is 0 Å². The summed E-state index contributed by atoms with van der Waals surface area (Å²) in [6.45, 7) is 0. The predicted octanol–water partition coefficient (Wildman–Crippen LogP) is 2.61. The number of aromatic nitrogens is 1. The molecule has 0 saturated carbocycles. The summed E-state index contributed by atoms with van der Waals surface area (Å²) in [5.41, 5.74) is 2.07. The van der Waals surface area contributed by atoms with Crippen LogP contribution < -0.4 is 0 Å². The molecule has 3 heteroatoms. The molecule has 0 aliphatic rings. The zero-order valence-corrected chi connectivity index (χ0v) is 9.36. The molecule has 0 bridgehead atoms. The molecule has 2 aromatic rings. The van der Waals surface area contributed by atoms with Gasteiger partial charge in [-0.1, -0.05) is 17.5 Å². The van der Waals surface area contributed by atoms with Crippen LogP contribution in [0.1, 0.15) is 0 Å². The topological polar surface area (TPSA) is 12.9 Å². The molecule has 0 atom stereocenters. The average Bonchev–Trinajstić information content (AvgIpc) is 2.58. The molecule has 2 heterocycles. The van der Waals surface area contributed by atoms with Crippen molar-refractivity contribution in [1.29, 1.82) is 0 Å². The summed E-state index contributed by atoms with van der Waals surface area (Å²) in [7, 11) is 0. The van der Waals surface area contributed by atoms with Crippen LogP contribution in [-0.2, 0) is 20.1 Å². The minimum atomic E-state index is 0. The zero-order chi connectivity index (χ0) is 7.52. The molecule has 0 saturated heterocycles. The Labute approximate surface area is 88.8 Å². The van der Waals surface area contributed by atoms with Gasteiger partial charge in [0, 0.05) is 26.3 Å². The maximum absolute atomic E-state index is 4.20. The van der Waals surface area contributed by atoms with Gasteiger partial charge in [-0.3, -0.25) is 11.3 Å². The average molecular weight is 352 g/mol. The largest absolute Gasteiger partial charge is 0.305 e. The molecule has 2 aromatic heterocycles. The Bertz CT molecular complexity index is 318. The summed E-state index contributed by atoms with van der Waals surface area (Å²) in [6, 6.07) is 7.90. The smallest absolute Gasteiger partial charge is 0.0160 e. The van der Waals surface area contributed by atoms with E-state index in [0.29, 0.717) is 0 Å². The molecular formula is C9H6IrNS-. The number of thiophene rings is 1. The van der Waals surface area contributed by atoms with E-state index in [-0.39, 0.29) is 20.1 Å². The fourth-order valence-corrected chi connectivity index (χ4v) is 1.47. The van der Waals surface area contributed by atoms with Crippen LogP contribution in [0.15, 0.2) is 35.8 Å². The van der Waals surface area contributed by atoms with Crippen LogP contribution >= 0.6 is 11.3 Å². The molecule has 0 unspecified atom stereocenters. The van der Waals surface area contributed by atoms with Crippen molar-refractivity contribution in [3.05, 3.63) is 41.2 Å². The Balaban J connectivity index is 0.000000720. The van der Waals surface area contributed by atoms with Gasteiger partial charge >= 0.3 is 0 Å². The Morgan fingerprint density at radius 3 is 2.75 bits per heavy atom. The van der Waals surface area contributed by atoms with Gasteiger partial charge in [-0.2, -0.15) is 6.07 Å². The summed E-state index contributed by atoms with van der Waals surface area (Å²) in [5, 5.41) is 5.14. The standard InChI is InChI=1S/C9H6NS.Ir/c1-2-5-10-9(3-1)8-4-6-11-7-8;/h1-6H;/q-1;. The van der Waals surface area contributed by atoms with E-state index in [9.17, 15) is 0 Å². The maximum atomic E-state index is 4.20. The fraction of sp³-hybridized carbons (Fsp3) is 0. The Kier molecular flexibility index (Phi) is 3.60. The van der Waals surface area contributed by atoms with Gasteiger partial charge in [-0.05, 0) is 11.8 Å². The van der Waals surface area contributed by atoms with Crippen molar-refractivity contribution in [3.8, 4) is 11.3 Å². The molecule has 0 N–H and O–H groups in total. The summed E-state index contributed by atoms with van der Waals surface area (Å²) in [6.07, 6.45) is 1.79. The van der Waals surface area contributed by atoms with Crippen LogP contribution in [0.25, 0.3) is 11.3 Å². The molecule has 0 aromatic carbocycles. The molecule has 12 heavy (non-hydrogen) atoms. The van der Waals surface area contributed by atoms with Gasteiger partial charge in [0.1, 0.15) is 0 Å². The molecule has 0 amide bonds. The van der Waals surface area contributed by atoms with Gasteiger partial charge in [0.2, 0.25) is 0 Å². The first-order valence-electron chi connectivity index (χ1n) is 3.33. The van der Waals surface area contributed by atoms with E-state index >= 15 is 0 Å². The first-order valence-corrected chi connectivity index (χ1v) is 4.21. The third kappa shape index (κ3) is 2.01. The molecule has 0 aliphatic carbocycles. The number of nitrogens with zero attached hydrogens (tertiary/aromatic N) is 1. The van der Waals surface area contributed by atoms with Gasteiger partial charge in [0.15, 0.2) is 0 Å². The monoisotopic (exact) mass is 353 g/mol. The summed E-state index contributed by atoms with van der Waals surface area (Å²) >= 11 is 1.57. The van der Waals surface area contributed by atoms with Crippen molar-refractivity contribution >= 4 is 11.3 Å². The number of hydrogen-bond acceptors (Lipinski definition) is 2. The molecule has 1 nitrogen and oxygen atoms in total. The second-order valence-electron chi connectivity index (χ2n) is 2.15. The van der Waals surface area contributed by atoms with E-state index in [4.69, 9.17) is 0 Å². The first kappa shape index (κ1) is 9.59. The maximum Gasteiger partial charge on any atom is 0.0160 e. The number of hydrogen-bond donors (Lipinski definition) is 0. The molecule has 0 spiro atoms. The Morgan fingerprint density at radius 2 is 2.17 bits per heavy atom. The first-order chi connectivity index (χ1) is 5.47. The molecule has 0 aliphatic heterocycles. The fourth-order valence-electron chi connectivity index (χ4n) is 0.893. The van der Waals surface area contributed by atoms with E-state index in [0.717, 1.165) is 11.3 Å². The second kappa shape index (κ2) is 4.51. The van der Waals surface area contributed by atoms with E-state index in [1.54, 1.807) is 17.5 Å². The van der Waals surface area contributed by atoms with Crippen LogP contribution in [0.3, 0.4) is 0 Å². The third-order valence-corrected chi connectivity index (χ3v) is 2.02. The van der Waals surface area contributed by atoms with Crippen molar-refractivity contribution in [2.45, 2.75) is 0 Å². The van der Waals surface area contributed by atoms with Gasteiger partial charge in [0.25, 0.3) is 0 Å². The third-order valence-electron chi connectivity index (χ3n) is 1.41. The number of rotatable bonds is 1. The van der Waals surface area contributed by atoms with Crippen LogP contribution in [0.4, 0.5) is 0 Å². The minimum absolute atomic E-state index is 0. The van der Waals surface area contributed by atoms with Gasteiger partial charge in [0.05, 0.1) is 0 Å². The van der Waals surface area contributed by atoms with Crippen molar-refractivity contribution in [3.63, 3.8) is 0 Å². The van der Waals surface area contributed by atoms with Gasteiger partial charge in [-0.25, -0.2) is 0 Å².